The summed E-state index contributed by atoms with van der Waals surface area (Å²) in [6.45, 7) is 5.18. The summed E-state index contributed by atoms with van der Waals surface area (Å²) in [5.74, 6) is -0.193. The van der Waals surface area contributed by atoms with E-state index in [2.05, 4.69) is 35.1 Å². The van der Waals surface area contributed by atoms with Crippen LogP contribution in [0.15, 0.2) is 16.6 Å². The maximum Gasteiger partial charge on any atom is 0.129 e. The quantitative estimate of drug-likeness (QED) is 0.457. The van der Waals surface area contributed by atoms with Crippen molar-refractivity contribution >= 4 is 27.5 Å². The first-order valence-electron chi connectivity index (χ1n) is 6.98. The fraction of sp³-hybridized carbons (Fsp3) is 0.600. The molecule has 4 heteroatoms. The monoisotopic (exact) mass is 349 g/mol. The summed E-state index contributed by atoms with van der Waals surface area (Å²) in [6.07, 6.45) is 5.43. The summed E-state index contributed by atoms with van der Waals surface area (Å²) >= 11 is 9.34. The van der Waals surface area contributed by atoms with Gasteiger partial charge in [-0.25, -0.2) is 4.39 Å². The van der Waals surface area contributed by atoms with Crippen molar-refractivity contribution in [1.29, 1.82) is 0 Å². The predicted molar refractivity (Wildman–Crippen MR) is 84.3 cm³/mol. The van der Waals surface area contributed by atoms with Gasteiger partial charge in [0, 0.05) is 16.1 Å². The molecule has 0 saturated carbocycles. The molecule has 1 unspecified atom stereocenters. The highest BCUT2D eigenvalue weighted by Gasteiger charge is 2.16. The second kappa shape index (κ2) is 8.93. The SMILES string of the molecule is CCCCCC(NCCC)c1cc(Cl)c(Br)cc1F. The molecule has 1 rings (SSSR count). The van der Waals surface area contributed by atoms with Crippen molar-refractivity contribution in [2.75, 3.05) is 6.54 Å². The van der Waals surface area contributed by atoms with Gasteiger partial charge in [-0.1, -0.05) is 44.7 Å². The molecule has 1 nitrogen and oxygen atoms in total. The molecule has 1 N–H and O–H groups in total. The van der Waals surface area contributed by atoms with E-state index in [0.717, 1.165) is 25.8 Å². The lowest BCUT2D eigenvalue weighted by atomic mass is 9.99. The molecule has 1 aromatic rings. The topological polar surface area (TPSA) is 12.0 Å². The fourth-order valence-electron chi connectivity index (χ4n) is 2.09. The molecule has 1 atom stereocenters. The van der Waals surface area contributed by atoms with Crippen molar-refractivity contribution in [3.63, 3.8) is 0 Å². The summed E-state index contributed by atoms with van der Waals surface area (Å²) in [4.78, 5) is 0. The van der Waals surface area contributed by atoms with Gasteiger partial charge in [-0.15, -0.1) is 0 Å². The lowest BCUT2D eigenvalue weighted by Gasteiger charge is -2.20. The second-order valence-electron chi connectivity index (χ2n) is 4.79. The summed E-state index contributed by atoms with van der Waals surface area (Å²) in [5.41, 5.74) is 0.678. The van der Waals surface area contributed by atoms with Crippen LogP contribution in [0.1, 0.15) is 57.6 Å². The van der Waals surface area contributed by atoms with E-state index in [0.29, 0.717) is 15.1 Å². The number of hydrogen-bond donors (Lipinski definition) is 1. The molecule has 108 valence electrons. The highest BCUT2D eigenvalue weighted by molar-refractivity contribution is 9.10. The molecule has 0 aliphatic rings. The molecule has 0 fully saturated rings. The zero-order valence-corrected chi connectivity index (χ0v) is 14.0. The number of hydrogen-bond acceptors (Lipinski definition) is 1. The largest absolute Gasteiger partial charge is 0.310 e. The van der Waals surface area contributed by atoms with Gasteiger partial charge >= 0.3 is 0 Å². The normalized spacial score (nSPS) is 12.7. The van der Waals surface area contributed by atoms with Crippen molar-refractivity contribution in [2.45, 2.75) is 52.0 Å². The van der Waals surface area contributed by atoms with Crippen LogP contribution in [0.3, 0.4) is 0 Å². The predicted octanol–water partition coefficient (Wildman–Crippen LogP) is 5.86. The Bertz CT molecular complexity index is 398. The van der Waals surface area contributed by atoms with Crippen molar-refractivity contribution in [1.82, 2.24) is 5.32 Å². The van der Waals surface area contributed by atoms with Gasteiger partial charge in [0.05, 0.1) is 5.02 Å². The van der Waals surface area contributed by atoms with Crippen molar-refractivity contribution in [3.05, 3.63) is 33.0 Å². The van der Waals surface area contributed by atoms with Gasteiger partial charge in [-0.2, -0.15) is 0 Å². The zero-order valence-electron chi connectivity index (χ0n) is 11.6. The van der Waals surface area contributed by atoms with Crippen LogP contribution in [0.5, 0.6) is 0 Å². The van der Waals surface area contributed by atoms with Gasteiger partial charge in [0.2, 0.25) is 0 Å². The van der Waals surface area contributed by atoms with E-state index in [1.165, 1.54) is 18.9 Å². The van der Waals surface area contributed by atoms with Crippen LogP contribution in [0.4, 0.5) is 4.39 Å². The molecule has 0 amide bonds. The highest BCUT2D eigenvalue weighted by Crippen LogP contribution is 2.30. The first kappa shape index (κ1) is 16.9. The summed E-state index contributed by atoms with van der Waals surface area (Å²) in [5, 5.41) is 3.98. The van der Waals surface area contributed by atoms with Crippen LogP contribution < -0.4 is 5.32 Å². The van der Waals surface area contributed by atoms with Crippen LogP contribution in [0, 0.1) is 5.82 Å². The molecule has 0 heterocycles. The third-order valence-corrected chi connectivity index (χ3v) is 4.35. The minimum atomic E-state index is -0.193. The molecular weight excluding hydrogens is 329 g/mol. The Kier molecular flexibility index (Phi) is 7.96. The molecule has 0 aliphatic carbocycles. The summed E-state index contributed by atoms with van der Waals surface area (Å²) in [7, 11) is 0. The van der Waals surface area contributed by atoms with Crippen molar-refractivity contribution in [2.24, 2.45) is 0 Å². The number of nitrogens with one attached hydrogen (secondary N) is 1. The van der Waals surface area contributed by atoms with Gasteiger partial charge < -0.3 is 5.32 Å². The Balaban J connectivity index is 2.85. The van der Waals surface area contributed by atoms with Gasteiger partial charge in [0.15, 0.2) is 0 Å². The first-order valence-corrected chi connectivity index (χ1v) is 8.15. The van der Waals surface area contributed by atoms with E-state index in [9.17, 15) is 4.39 Å². The molecule has 1 aromatic carbocycles. The minimum Gasteiger partial charge on any atom is -0.310 e. The highest BCUT2D eigenvalue weighted by atomic mass is 79.9. The number of unbranched alkanes of at least 4 members (excludes halogenated alkanes) is 2. The Morgan fingerprint density at radius 2 is 2.00 bits per heavy atom. The molecule has 0 radical (unpaired) electrons. The average Bonchev–Trinajstić information content (AvgIpc) is 2.38. The van der Waals surface area contributed by atoms with E-state index in [1.807, 2.05) is 0 Å². The fourth-order valence-corrected chi connectivity index (χ4v) is 2.58. The van der Waals surface area contributed by atoms with Crippen LogP contribution in [-0.2, 0) is 0 Å². The lowest BCUT2D eigenvalue weighted by molar-refractivity contribution is 0.454. The van der Waals surface area contributed by atoms with Gasteiger partial charge in [-0.05, 0) is 47.4 Å². The van der Waals surface area contributed by atoms with Crippen molar-refractivity contribution < 1.29 is 4.39 Å². The van der Waals surface area contributed by atoms with E-state index in [4.69, 9.17) is 11.6 Å². The smallest absolute Gasteiger partial charge is 0.129 e. The van der Waals surface area contributed by atoms with Gasteiger partial charge in [-0.3, -0.25) is 0 Å². The Hall–Kier alpha value is -0.120. The first-order chi connectivity index (χ1) is 9.10. The molecule has 0 bridgehead atoms. The van der Waals surface area contributed by atoms with Crippen molar-refractivity contribution in [3.8, 4) is 0 Å². The maximum absolute atomic E-state index is 14.1. The third-order valence-electron chi connectivity index (χ3n) is 3.15. The Morgan fingerprint density at radius 3 is 2.63 bits per heavy atom. The molecule has 0 saturated heterocycles. The number of benzene rings is 1. The Morgan fingerprint density at radius 1 is 1.26 bits per heavy atom. The number of rotatable bonds is 8. The molecule has 19 heavy (non-hydrogen) atoms. The van der Waals surface area contributed by atoms with Gasteiger partial charge in [0.25, 0.3) is 0 Å². The molecule has 0 aliphatic heterocycles. The Labute approximate surface area is 129 Å². The van der Waals surface area contributed by atoms with E-state index in [-0.39, 0.29) is 11.9 Å². The van der Waals surface area contributed by atoms with Gasteiger partial charge in [0.1, 0.15) is 5.82 Å². The summed E-state index contributed by atoms with van der Waals surface area (Å²) in [6, 6.07) is 3.25. The molecular formula is C15H22BrClFN. The van der Waals surface area contributed by atoms with Crippen LogP contribution in [-0.4, -0.2) is 6.54 Å². The lowest BCUT2D eigenvalue weighted by Crippen LogP contribution is -2.23. The maximum atomic E-state index is 14.1. The molecule has 0 spiro atoms. The van der Waals surface area contributed by atoms with E-state index in [1.54, 1.807) is 6.07 Å². The van der Waals surface area contributed by atoms with E-state index < -0.39 is 0 Å². The zero-order chi connectivity index (χ0) is 14.3. The number of halogens is 3. The van der Waals surface area contributed by atoms with Crippen LogP contribution in [0.25, 0.3) is 0 Å². The van der Waals surface area contributed by atoms with E-state index >= 15 is 0 Å². The third kappa shape index (κ3) is 5.41. The molecule has 0 aromatic heterocycles. The second-order valence-corrected chi connectivity index (χ2v) is 6.05. The average molecular weight is 351 g/mol. The van der Waals surface area contributed by atoms with Crippen LogP contribution >= 0.6 is 27.5 Å². The summed E-state index contributed by atoms with van der Waals surface area (Å²) < 4.78 is 14.7. The minimum absolute atomic E-state index is 0.0529. The standard InChI is InChI=1S/C15H22BrClFN/c1-3-5-6-7-15(19-8-4-2)11-9-13(17)12(16)10-14(11)18/h9-10,15,19H,3-8H2,1-2H3. The van der Waals surface area contributed by atoms with Crippen LogP contribution in [0.2, 0.25) is 5.02 Å².